The minimum Gasteiger partial charge on any atom is -0.491 e. The predicted octanol–water partition coefficient (Wildman–Crippen LogP) is 3.64. The van der Waals surface area contributed by atoms with Crippen molar-refractivity contribution in [2.24, 2.45) is 5.92 Å². The Bertz CT molecular complexity index is 385. The number of benzene rings is 1. The summed E-state index contributed by atoms with van der Waals surface area (Å²) >= 11 is 0. The fourth-order valence-electron chi connectivity index (χ4n) is 3.24. The SMILES string of the molecule is CCC1CCC(CNC)(OCCOc2ccccc2)CC1. The maximum absolute atomic E-state index is 6.24. The lowest BCUT2D eigenvalue weighted by molar-refractivity contribution is -0.0828. The Morgan fingerprint density at radius 1 is 1.14 bits per heavy atom. The van der Waals surface area contributed by atoms with Gasteiger partial charge >= 0.3 is 0 Å². The van der Waals surface area contributed by atoms with Crippen LogP contribution in [0.5, 0.6) is 5.75 Å². The van der Waals surface area contributed by atoms with E-state index < -0.39 is 0 Å². The summed E-state index contributed by atoms with van der Waals surface area (Å²) in [6.07, 6.45) is 6.21. The number of rotatable bonds is 8. The molecule has 1 aromatic rings. The van der Waals surface area contributed by atoms with Gasteiger partial charge in [0.1, 0.15) is 12.4 Å². The smallest absolute Gasteiger partial charge is 0.119 e. The summed E-state index contributed by atoms with van der Waals surface area (Å²) in [5.74, 6) is 1.80. The van der Waals surface area contributed by atoms with Crippen molar-refractivity contribution in [2.75, 3.05) is 26.8 Å². The Labute approximate surface area is 129 Å². The van der Waals surface area contributed by atoms with Gasteiger partial charge in [0, 0.05) is 6.54 Å². The molecule has 118 valence electrons. The number of likely N-dealkylation sites (N-methyl/N-ethyl adjacent to an activating group) is 1. The van der Waals surface area contributed by atoms with E-state index in [2.05, 4.69) is 12.2 Å². The van der Waals surface area contributed by atoms with Crippen LogP contribution in [0.2, 0.25) is 0 Å². The number of hydrogen-bond acceptors (Lipinski definition) is 3. The predicted molar refractivity (Wildman–Crippen MR) is 86.8 cm³/mol. The van der Waals surface area contributed by atoms with Gasteiger partial charge in [-0.25, -0.2) is 0 Å². The van der Waals surface area contributed by atoms with Crippen LogP contribution < -0.4 is 10.1 Å². The molecule has 0 heterocycles. The molecule has 1 N–H and O–H groups in total. The zero-order valence-electron chi connectivity index (χ0n) is 13.4. The Balaban J connectivity index is 1.75. The molecular formula is C18H29NO2. The molecule has 0 atom stereocenters. The van der Waals surface area contributed by atoms with E-state index in [4.69, 9.17) is 9.47 Å². The summed E-state index contributed by atoms with van der Waals surface area (Å²) in [5, 5.41) is 3.30. The minimum absolute atomic E-state index is 0.0144. The average Bonchev–Trinajstić information content (AvgIpc) is 2.54. The van der Waals surface area contributed by atoms with Crippen molar-refractivity contribution in [3.63, 3.8) is 0 Å². The molecule has 1 aliphatic rings. The highest BCUT2D eigenvalue weighted by molar-refractivity contribution is 5.20. The summed E-state index contributed by atoms with van der Waals surface area (Å²) in [4.78, 5) is 0. The zero-order chi connectivity index (χ0) is 15.0. The van der Waals surface area contributed by atoms with Crippen molar-refractivity contribution in [3.8, 4) is 5.75 Å². The van der Waals surface area contributed by atoms with Gasteiger partial charge in [0.05, 0.1) is 12.2 Å². The van der Waals surface area contributed by atoms with Gasteiger partial charge in [0.25, 0.3) is 0 Å². The van der Waals surface area contributed by atoms with E-state index in [-0.39, 0.29) is 5.60 Å². The van der Waals surface area contributed by atoms with Gasteiger partial charge in [-0.05, 0) is 50.8 Å². The summed E-state index contributed by atoms with van der Waals surface area (Å²) < 4.78 is 12.0. The first kappa shape index (κ1) is 16.3. The fourth-order valence-corrected chi connectivity index (χ4v) is 3.24. The van der Waals surface area contributed by atoms with Gasteiger partial charge in [-0.15, -0.1) is 0 Å². The van der Waals surface area contributed by atoms with Crippen LogP contribution in [0.1, 0.15) is 39.0 Å². The van der Waals surface area contributed by atoms with E-state index in [1.165, 1.54) is 19.3 Å². The second-order valence-electron chi connectivity index (χ2n) is 6.07. The highest BCUT2D eigenvalue weighted by Gasteiger charge is 2.35. The maximum Gasteiger partial charge on any atom is 0.119 e. The van der Waals surface area contributed by atoms with E-state index in [1.807, 2.05) is 37.4 Å². The minimum atomic E-state index is 0.0144. The molecule has 0 aliphatic heterocycles. The Morgan fingerprint density at radius 2 is 1.86 bits per heavy atom. The molecule has 3 heteroatoms. The van der Waals surface area contributed by atoms with Crippen LogP contribution >= 0.6 is 0 Å². The Morgan fingerprint density at radius 3 is 2.48 bits per heavy atom. The van der Waals surface area contributed by atoms with E-state index in [1.54, 1.807) is 0 Å². The summed E-state index contributed by atoms with van der Waals surface area (Å²) in [5.41, 5.74) is 0.0144. The highest BCUT2D eigenvalue weighted by Crippen LogP contribution is 2.35. The Kier molecular flexibility index (Phi) is 6.52. The molecule has 1 fully saturated rings. The third kappa shape index (κ3) is 5.01. The Hall–Kier alpha value is -1.06. The number of para-hydroxylation sites is 1. The zero-order valence-corrected chi connectivity index (χ0v) is 13.4. The van der Waals surface area contributed by atoms with Crippen molar-refractivity contribution in [1.29, 1.82) is 0 Å². The first-order valence-corrected chi connectivity index (χ1v) is 8.24. The molecule has 0 aromatic heterocycles. The van der Waals surface area contributed by atoms with E-state index in [9.17, 15) is 0 Å². The third-order valence-corrected chi connectivity index (χ3v) is 4.60. The van der Waals surface area contributed by atoms with Gasteiger partial charge in [-0.3, -0.25) is 0 Å². The van der Waals surface area contributed by atoms with Gasteiger partial charge in [-0.2, -0.15) is 0 Å². The summed E-state index contributed by atoms with van der Waals surface area (Å²) in [6, 6.07) is 9.94. The summed E-state index contributed by atoms with van der Waals surface area (Å²) in [6.45, 7) is 4.51. The van der Waals surface area contributed by atoms with Crippen molar-refractivity contribution >= 4 is 0 Å². The van der Waals surface area contributed by atoms with E-state index in [0.717, 1.165) is 31.1 Å². The third-order valence-electron chi connectivity index (χ3n) is 4.60. The van der Waals surface area contributed by atoms with Crippen LogP contribution in [0.15, 0.2) is 30.3 Å². The number of ether oxygens (including phenoxy) is 2. The van der Waals surface area contributed by atoms with Gasteiger partial charge in [0.15, 0.2) is 0 Å². The lowest BCUT2D eigenvalue weighted by Crippen LogP contribution is -2.45. The molecule has 1 aliphatic carbocycles. The molecule has 0 radical (unpaired) electrons. The number of hydrogen-bond donors (Lipinski definition) is 1. The van der Waals surface area contributed by atoms with Crippen LogP contribution in [0.3, 0.4) is 0 Å². The molecule has 1 saturated carbocycles. The van der Waals surface area contributed by atoms with Crippen LogP contribution in [0.25, 0.3) is 0 Å². The largest absolute Gasteiger partial charge is 0.491 e. The topological polar surface area (TPSA) is 30.5 Å². The second kappa shape index (κ2) is 8.40. The standard InChI is InChI=1S/C18H29NO2/c1-3-16-9-11-18(12-10-16,15-19-2)21-14-13-20-17-7-5-4-6-8-17/h4-8,16,19H,3,9-15H2,1-2H3. The van der Waals surface area contributed by atoms with Crippen molar-refractivity contribution < 1.29 is 9.47 Å². The molecule has 0 bridgehead atoms. The quantitative estimate of drug-likeness (QED) is 0.742. The van der Waals surface area contributed by atoms with Gasteiger partial charge < -0.3 is 14.8 Å². The summed E-state index contributed by atoms with van der Waals surface area (Å²) in [7, 11) is 2.01. The average molecular weight is 291 g/mol. The molecule has 0 amide bonds. The highest BCUT2D eigenvalue weighted by atomic mass is 16.5. The van der Waals surface area contributed by atoms with Gasteiger partial charge in [0.2, 0.25) is 0 Å². The van der Waals surface area contributed by atoms with Crippen molar-refractivity contribution in [2.45, 2.75) is 44.6 Å². The van der Waals surface area contributed by atoms with Crippen LogP contribution in [-0.2, 0) is 4.74 Å². The number of nitrogens with one attached hydrogen (secondary N) is 1. The lowest BCUT2D eigenvalue weighted by atomic mass is 9.77. The molecule has 1 aromatic carbocycles. The molecular weight excluding hydrogens is 262 g/mol. The molecule has 0 unspecified atom stereocenters. The molecule has 3 nitrogen and oxygen atoms in total. The van der Waals surface area contributed by atoms with Crippen LogP contribution in [-0.4, -0.2) is 32.4 Å². The molecule has 21 heavy (non-hydrogen) atoms. The molecule has 0 spiro atoms. The maximum atomic E-state index is 6.24. The van der Waals surface area contributed by atoms with Crippen molar-refractivity contribution in [1.82, 2.24) is 5.32 Å². The van der Waals surface area contributed by atoms with Crippen LogP contribution in [0.4, 0.5) is 0 Å². The fraction of sp³-hybridized carbons (Fsp3) is 0.667. The van der Waals surface area contributed by atoms with Gasteiger partial charge in [-0.1, -0.05) is 31.5 Å². The normalized spacial score (nSPS) is 25.7. The van der Waals surface area contributed by atoms with E-state index in [0.29, 0.717) is 13.2 Å². The first-order valence-electron chi connectivity index (χ1n) is 8.24. The van der Waals surface area contributed by atoms with E-state index >= 15 is 0 Å². The monoisotopic (exact) mass is 291 g/mol. The first-order chi connectivity index (χ1) is 10.3. The van der Waals surface area contributed by atoms with Crippen LogP contribution in [0, 0.1) is 5.92 Å². The lowest BCUT2D eigenvalue weighted by Gasteiger charge is -2.40. The molecule has 0 saturated heterocycles. The molecule has 2 rings (SSSR count). The van der Waals surface area contributed by atoms with Crippen molar-refractivity contribution in [3.05, 3.63) is 30.3 Å². The second-order valence-corrected chi connectivity index (χ2v) is 6.07.